The lowest BCUT2D eigenvalue weighted by Gasteiger charge is -2.03. The fraction of sp³-hybridized carbons (Fsp3) is 0.636. The van der Waals surface area contributed by atoms with Crippen LogP contribution >= 0.6 is 11.6 Å². The number of esters is 1. The molecule has 1 aliphatic rings. The summed E-state index contributed by atoms with van der Waals surface area (Å²) in [7, 11) is 0. The highest BCUT2D eigenvalue weighted by atomic mass is 35.5. The average molecular weight is 259 g/mol. The Bertz CT molecular complexity index is 452. The molecule has 1 aliphatic heterocycles. The molecule has 0 saturated carbocycles. The molecule has 0 N–H and O–H groups in total. The lowest BCUT2D eigenvalue weighted by molar-refractivity contribution is -0.144. The molecule has 0 amide bonds. The number of nitrogens with zero attached hydrogens (tertiary/aromatic N) is 2. The molecule has 0 aliphatic carbocycles. The van der Waals surface area contributed by atoms with Crippen LogP contribution in [-0.2, 0) is 26.4 Å². The van der Waals surface area contributed by atoms with E-state index in [1.54, 1.807) is 11.6 Å². The van der Waals surface area contributed by atoms with Crippen LogP contribution in [-0.4, -0.2) is 29.0 Å². The summed E-state index contributed by atoms with van der Waals surface area (Å²) in [5.74, 6) is -0.316. The molecule has 1 aromatic rings. The Balaban J connectivity index is 2.21. The Morgan fingerprint density at radius 1 is 1.71 bits per heavy atom. The van der Waals surface area contributed by atoms with Crippen molar-refractivity contribution in [2.24, 2.45) is 0 Å². The third-order valence-corrected chi connectivity index (χ3v) is 3.25. The summed E-state index contributed by atoms with van der Waals surface area (Å²) in [6, 6.07) is 0. The topological polar surface area (TPSA) is 56.7 Å². The maximum Gasteiger partial charge on any atom is 0.327 e. The van der Waals surface area contributed by atoms with Gasteiger partial charge in [-0.2, -0.15) is 5.10 Å². The third-order valence-electron chi connectivity index (χ3n) is 2.80. The van der Waals surface area contributed by atoms with Crippen LogP contribution in [0.4, 0.5) is 0 Å². The zero-order chi connectivity index (χ0) is 12.6. The summed E-state index contributed by atoms with van der Waals surface area (Å²) in [5, 5.41) is 4.89. The largest absolute Gasteiger partial charge is 0.465 e. The van der Waals surface area contributed by atoms with E-state index in [1.165, 1.54) is 0 Å². The summed E-state index contributed by atoms with van der Waals surface area (Å²) >= 11 is 6.18. The van der Waals surface area contributed by atoms with Gasteiger partial charge in [0.05, 0.1) is 23.9 Å². The Hall–Kier alpha value is -1.07. The molecule has 1 atom stereocenters. The molecule has 6 heteroatoms. The van der Waals surface area contributed by atoms with Gasteiger partial charge in [-0.05, 0) is 20.8 Å². The Morgan fingerprint density at radius 3 is 2.88 bits per heavy atom. The van der Waals surface area contributed by atoms with Crippen LogP contribution in [0.2, 0.25) is 5.02 Å². The second-order valence-corrected chi connectivity index (χ2v) is 4.61. The number of aromatic nitrogens is 2. The molecular weight excluding hydrogens is 244 g/mol. The smallest absolute Gasteiger partial charge is 0.327 e. The Morgan fingerprint density at radius 2 is 2.35 bits per heavy atom. The van der Waals surface area contributed by atoms with E-state index in [1.807, 2.05) is 13.8 Å². The first-order chi connectivity index (χ1) is 7.98. The zero-order valence-electron chi connectivity index (χ0n) is 10.1. The van der Waals surface area contributed by atoms with E-state index in [2.05, 4.69) is 5.10 Å². The quantitative estimate of drug-likeness (QED) is 0.609. The van der Waals surface area contributed by atoms with Crippen molar-refractivity contribution in [1.82, 2.24) is 9.78 Å². The van der Waals surface area contributed by atoms with Crippen molar-refractivity contribution in [3.05, 3.63) is 16.4 Å². The van der Waals surface area contributed by atoms with Crippen molar-refractivity contribution in [2.75, 3.05) is 13.2 Å². The van der Waals surface area contributed by atoms with Gasteiger partial charge in [0.25, 0.3) is 0 Å². The molecule has 5 nitrogen and oxygen atoms in total. The Labute approximate surface area is 105 Å². The van der Waals surface area contributed by atoms with Gasteiger partial charge in [-0.15, -0.1) is 0 Å². The highest BCUT2D eigenvalue weighted by Crippen LogP contribution is 2.41. The molecule has 0 aromatic carbocycles. The third kappa shape index (κ3) is 2.30. The standard InChI is InChI=1S/C11H15ClN2O3/c1-4-16-8(15)5-14-7(2)9(12)10(13-14)11(3)6-17-11/h4-6H2,1-3H3. The molecule has 0 radical (unpaired) electrons. The number of carbonyl (C=O) groups excluding carboxylic acids is 1. The van der Waals surface area contributed by atoms with Gasteiger partial charge in [-0.25, -0.2) is 0 Å². The minimum absolute atomic E-state index is 0.0788. The number of hydrogen-bond acceptors (Lipinski definition) is 4. The van der Waals surface area contributed by atoms with Crippen molar-refractivity contribution in [3.63, 3.8) is 0 Å². The Kier molecular flexibility index (Phi) is 3.14. The van der Waals surface area contributed by atoms with Gasteiger partial charge < -0.3 is 9.47 Å². The highest BCUT2D eigenvalue weighted by Gasteiger charge is 2.46. The minimum atomic E-state index is -0.387. The van der Waals surface area contributed by atoms with Gasteiger partial charge in [-0.1, -0.05) is 11.6 Å². The summed E-state index contributed by atoms with van der Waals surface area (Å²) < 4.78 is 11.7. The second kappa shape index (κ2) is 4.31. The number of hydrogen-bond donors (Lipinski definition) is 0. The van der Waals surface area contributed by atoms with E-state index in [-0.39, 0.29) is 18.1 Å². The predicted molar refractivity (Wildman–Crippen MR) is 61.9 cm³/mol. The molecule has 0 spiro atoms. The van der Waals surface area contributed by atoms with Crippen LogP contribution in [0, 0.1) is 6.92 Å². The van der Waals surface area contributed by atoms with Gasteiger partial charge in [0.15, 0.2) is 0 Å². The maximum absolute atomic E-state index is 11.4. The van der Waals surface area contributed by atoms with Gasteiger partial charge in [-0.3, -0.25) is 9.48 Å². The summed E-state index contributed by atoms with van der Waals surface area (Å²) in [5.41, 5.74) is 1.06. The van der Waals surface area contributed by atoms with Crippen LogP contribution < -0.4 is 0 Å². The number of epoxide rings is 1. The van der Waals surface area contributed by atoms with E-state index < -0.39 is 0 Å². The highest BCUT2D eigenvalue weighted by molar-refractivity contribution is 6.32. The number of rotatable bonds is 4. The molecule has 94 valence electrons. The SMILES string of the molecule is CCOC(=O)Cn1nc(C2(C)CO2)c(Cl)c1C. The van der Waals surface area contributed by atoms with E-state index in [0.717, 1.165) is 5.69 Å². The zero-order valence-corrected chi connectivity index (χ0v) is 10.9. The molecule has 2 rings (SSSR count). The molecule has 1 unspecified atom stereocenters. The second-order valence-electron chi connectivity index (χ2n) is 4.23. The van der Waals surface area contributed by atoms with Crippen LogP contribution in [0.15, 0.2) is 0 Å². The van der Waals surface area contributed by atoms with E-state index >= 15 is 0 Å². The first-order valence-corrected chi connectivity index (χ1v) is 5.88. The van der Waals surface area contributed by atoms with Crippen molar-refractivity contribution in [3.8, 4) is 0 Å². The maximum atomic E-state index is 11.4. The van der Waals surface area contributed by atoms with E-state index in [4.69, 9.17) is 21.1 Å². The monoisotopic (exact) mass is 258 g/mol. The van der Waals surface area contributed by atoms with Crippen molar-refractivity contribution < 1.29 is 14.3 Å². The van der Waals surface area contributed by atoms with E-state index in [0.29, 0.717) is 23.9 Å². The molecule has 1 aromatic heterocycles. The molecule has 1 saturated heterocycles. The number of carbonyl (C=O) groups is 1. The first kappa shape index (κ1) is 12.4. The van der Waals surface area contributed by atoms with Gasteiger partial charge in [0.1, 0.15) is 17.8 Å². The van der Waals surface area contributed by atoms with Crippen molar-refractivity contribution >= 4 is 17.6 Å². The molecular formula is C11H15ClN2O3. The van der Waals surface area contributed by atoms with Gasteiger partial charge in [0.2, 0.25) is 0 Å². The van der Waals surface area contributed by atoms with Crippen LogP contribution in [0.25, 0.3) is 0 Å². The lowest BCUT2D eigenvalue weighted by Crippen LogP contribution is -2.16. The van der Waals surface area contributed by atoms with Crippen molar-refractivity contribution in [2.45, 2.75) is 32.9 Å². The molecule has 1 fully saturated rings. The summed E-state index contributed by atoms with van der Waals surface area (Å²) in [6.07, 6.45) is 0. The normalized spacial score (nSPS) is 22.6. The number of ether oxygens (including phenoxy) is 2. The summed E-state index contributed by atoms with van der Waals surface area (Å²) in [6.45, 7) is 6.57. The summed E-state index contributed by atoms with van der Waals surface area (Å²) in [4.78, 5) is 11.4. The molecule has 2 heterocycles. The minimum Gasteiger partial charge on any atom is -0.465 e. The average Bonchev–Trinajstić information content (AvgIpc) is 2.95. The molecule has 17 heavy (non-hydrogen) atoms. The predicted octanol–water partition coefficient (Wildman–Crippen LogP) is 1.65. The van der Waals surface area contributed by atoms with Crippen LogP contribution in [0.1, 0.15) is 25.2 Å². The van der Waals surface area contributed by atoms with Crippen LogP contribution in [0.5, 0.6) is 0 Å². The molecule has 0 bridgehead atoms. The van der Waals surface area contributed by atoms with Gasteiger partial charge in [0, 0.05) is 0 Å². The van der Waals surface area contributed by atoms with E-state index in [9.17, 15) is 4.79 Å². The van der Waals surface area contributed by atoms with Gasteiger partial charge >= 0.3 is 5.97 Å². The fourth-order valence-electron chi connectivity index (χ4n) is 1.59. The first-order valence-electron chi connectivity index (χ1n) is 5.51. The fourth-order valence-corrected chi connectivity index (χ4v) is 1.93. The number of halogens is 1. The van der Waals surface area contributed by atoms with Crippen molar-refractivity contribution in [1.29, 1.82) is 0 Å². The lowest BCUT2D eigenvalue weighted by atomic mass is 10.1. The van der Waals surface area contributed by atoms with Crippen LogP contribution in [0.3, 0.4) is 0 Å².